The lowest BCUT2D eigenvalue weighted by atomic mass is 10.2. The molecule has 3 N–H and O–H groups in total. The number of hydrogen-bond acceptors (Lipinski definition) is 4. The van der Waals surface area contributed by atoms with E-state index in [9.17, 15) is 14.4 Å². The number of primary amides is 1. The highest BCUT2D eigenvalue weighted by Gasteiger charge is 2.06. The topological polar surface area (TPSA) is 98.5 Å². The Bertz CT molecular complexity index is 528. The highest BCUT2D eigenvalue weighted by atomic mass is 35.5. The van der Waals surface area contributed by atoms with Gasteiger partial charge in [-0.3, -0.25) is 10.1 Å². The monoisotopic (exact) mass is 282 g/mol. The van der Waals surface area contributed by atoms with Crippen LogP contribution in [0, 0.1) is 0 Å². The van der Waals surface area contributed by atoms with Crippen molar-refractivity contribution in [2.24, 2.45) is 5.73 Å². The zero-order chi connectivity index (χ0) is 14.3. The van der Waals surface area contributed by atoms with E-state index in [4.69, 9.17) is 17.3 Å². The number of nitrogens with one attached hydrogen (secondary N) is 1. The maximum Gasteiger partial charge on any atom is 0.331 e. The number of rotatable bonds is 4. The van der Waals surface area contributed by atoms with Crippen LogP contribution in [0.25, 0.3) is 6.08 Å². The number of imide groups is 1. The minimum atomic E-state index is -1.00. The maximum absolute atomic E-state index is 11.3. The second-order valence-electron chi connectivity index (χ2n) is 3.41. The molecule has 6 nitrogen and oxygen atoms in total. The van der Waals surface area contributed by atoms with E-state index in [-0.39, 0.29) is 0 Å². The lowest BCUT2D eigenvalue weighted by Crippen LogP contribution is -2.37. The Kier molecular flexibility index (Phi) is 5.56. The first-order valence-corrected chi connectivity index (χ1v) is 5.55. The lowest BCUT2D eigenvalue weighted by Gasteiger charge is -2.01. The quantitative estimate of drug-likeness (QED) is 0.638. The molecular formula is C12H11ClN2O4. The molecule has 0 atom stereocenters. The molecule has 100 valence electrons. The molecule has 0 fully saturated rings. The molecule has 0 radical (unpaired) electrons. The van der Waals surface area contributed by atoms with Gasteiger partial charge in [0.25, 0.3) is 5.91 Å². The van der Waals surface area contributed by atoms with Crippen LogP contribution >= 0.6 is 11.6 Å². The number of carbonyl (C=O) groups is 3. The Morgan fingerprint density at radius 1 is 1.37 bits per heavy atom. The van der Waals surface area contributed by atoms with Gasteiger partial charge in [-0.15, -0.1) is 0 Å². The highest BCUT2D eigenvalue weighted by Crippen LogP contribution is 2.11. The van der Waals surface area contributed by atoms with E-state index in [2.05, 4.69) is 4.74 Å². The van der Waals surface area contributed by atoms with Crippen molar-refractivity contribution in [3.63, 3.8) is 0 Å². The fourth-order valence-electron chi connectivity index (χ4n) is 1.13. The molecule has 0 aromatic heterocycles. The summed E-state index contributed by atoms with van der Waals surface area (Å²) in [7, 11) is 0. The summed E-state index contributed by atoms with van der Waals surface area (Å²) in [6.45, 7) is -0.582. The van der Waals surface area contributed by atoms with Crippen LogP contribution in [0.2, 0.25) is 5.02 Å². The molecule has 0 unspecified atom stereocenters. The summed E-state index contributed by atoms with van der Waals surface area (Å²) in [5.41, 5.74) is 5.42. The summed E-state index contributed by atoms with van der Waals surface area (Å²) in [6, 6.07) is 5.83. The number of urea groups is 1. The van der Waals surface area contributed by atoms with Gasteiger partial charge in [0.2, 0.25) is 0 Å². The summed E-state index contributed by atoms with van der Waals surface area (Å²) in [6.07, 6.45) is 2.63. The summed E-state index contributed by atoms with van der Waals surface area (Å²) < 4.78 is 4.58. The van der Waals surface area contributed by atoms with E-state index in [0.29, 0.717) is 10.6 Å². The SMILES string of the molecule is NC(=O)NC(=O)COC(=O)/C=C/c1cccc(Cl)c1. The lowest BCUT2D eigenvalue weighted by molar-refractivity contribution is -0.143. The average molecular weight is 283 g/mol. The van der Waals surface area contributed by atoms with E-state index in [1.54, 1.807) is 29.6 Å². The number of benzene rings is 1. The molecular weight excluding hydrogens is 272 g/mol. The van der Waals surface area contributed by atoms with Gasteiger partial charge in [0.15, 0.2) is 6.61 Å². The molecule has 1 aromatic carbocycles. The third-order valence-electron chi connectivity index (χ3n) is 1.87. The molecule has 1 rings (SSSR count). The van der Waals surface area contributed by atoms with Crippen molar-refractivity contribution in [2.75, 3.05) is 6.61 Å². The number of nitrogens with two attached hydrogens (primary N) is 1. The Labute approximate surface area is 114 Å². The summed E-state index contributed by atoms with van der Waals surface area (Å²) in [5, 5.41) is 2.30. The predicted molar refractivity (Wildman–Crippen MR) is 69.2 cm³/mol. The van der Waals surface area contributed by atoms with Gasteiger partial charge < -0.3 is 10.5 Å². The number of ether oxygens (including phenoxy) is 1. The van der Waals surface area contributed by atoms with Crippen LogP contribution in [0.15, 0.2) is 30.3 Å². The normalized spacial score (nSPS) is 10.2. The smallest absolute Gasteiger partial charge is 0.331 e. The first-order chi connectivity index (χ1) is 8.97. The summed E-state index contributed by atoms with van der Waals surface area (Å²) in [5.74, 6) is -1.52. The molecule has 3 amide bonds. The third kappa shape index (κ3) is 6.23. The number of halogens is 1. The molecule has 0 aliphatic heterocycles. The maximum atomic E-state index is 11.3. The second-order valence-corrected chi connectivity index (χ2v) is 3.84. The minimum Gasteiger partial charge on any atom is -0.452 e. The fraction of sp³-hybridized carbons (Fsp3) is 0.0833. The van der Waals surface area contributed by atoms with Crippen molar-refractivity contribution in [2.45, 2.75) is 0 Å². The van der Waals surface area contributed by atoms with Crippen LogP contribution in [0.3, 0.4) is 0 Å². The average Bonchev–Trinajstić information content (AvgIpc) is 2.33. The standard InChI is InChI=1S/C12H11ClN2O4/c13-9-3-1-2-8(6-9)4-5-11(17)19-7-10(16)15-12(14)18/h1-6H,7H2,(H3,14,15,16,18)/b5-4+. The first-order valence-electron chi connectivity index (χ1n) is 5.17. The summed E-state index contributed by atoms with van der Waals surface area (Å²) >= 11 is 5.76. The molecule has 0 saturated carbocycles. The predicted octanol–water partition coefficient (Wildman–Crippen LogP) is 1.09. The molecule has 0 bridgehead atoms. The van der Waals surface area contributed by atoms with Gasteiger partial charge in [-0.1, -0.05) is 23.7 Å². The van der Waals surface area contributed by atoms with Gasteiger partial charge in [0, 0.05) is 11.1 Å². The molecule has 0 aliphatic rings. The Hall–Kier alpha value is -2.34. The molecule has 0 spiro atoms. The third-order valence-corrected chi connectivity index (χ3v) is 2.10. The van der Waals surface area contributed by atoms with Crippen LogP contribution in [0.4, 0.5) is 4.79 Å². The van der Waals surface area contributed by atoms with Crippen molar-refractivity contribution in [1.82, 2.24) is 5.32 Å². The van der Waals surface area contributed by atoms with Crippen LogP contribution in [0.5, 0.6) is 0 Å². The van der Waals surface area contributed by atoms with Crippen molar-refractivity contribution in [1.29, 1.82) is 0 Å². The van der Waals surface area contributed by atoms with Gasteiger partial charge in [0.05, 0.1) is 0 Å². The molecule has 0 heterocycles. The van der Waals surface area contributed by atoms with E-state index >= 15 is 0 Å². The molecule has 0 aliphatic carbocycles. The van der Waals surface area contributed by atoms with Crippen LogP contribution in [0.1, 0.15) is 5.56 Å². The van der Waals surface area contributed by atoms with Gasteiger partial charge in [-0.2, -0.15) is 0 Å². The van der Waals surface area contributed by atoms with Gasteiger partial charge in [0.1, 0.15) is 0 Å². The van der Waals surface area contributed by atoms with Crippen molar-refractivity contribution >= 4 is 35.6 Å². The molecule has 7 heteroatoms. The number of esters is 1. The Morgan fingerprint density at radius 2 is 2.11 bits per heavy atom. The summed E-state index contributed by atoms with van der Waals surface area (Å²) in [4.78, 5) is 32.5. The number of hydrogen-bond donors (Lipinski definition) is 2. The van der Waals surface area contributed by atoms with Crippen molar-refractivity contribution in [3.8, 4) is 0 Å². The van der Waals surface area contributed by atoms with E-state index in [1.807, 2.05) is 0 Å². The zero-order valence-corrected chi connectivity index (χ0v) is 10.5. The molecule has 1 aromatic rings. The van der Waals surface area contributed by atoms with Crippen LogP contribution in [-0.2, 0) is 14.3 Å². The van der Waals surface area contributed by atoms with E-state index < -0.39 is 24.5 Å². The van der Waals surface area contributed by atoms with Gasteiger partial charge in [-0.25, -0.2) is 9.59 Å². The molecule has 19 heavy (non-hydrogen) atoms. The molecule has 0 saturated heterocycles. The first kappa shape index (κ1) is 14.7. The van der Waals surface area contributed by atoms with E-state index in [1.165, 1.54) is 6.08 Å². The number of amides is 3. The largest absolute Gasteiger partial charge is 0.452 e. The van der Waals surface area contributed by atoms with Crippen molar-refractivity contribution in [3.05, 3.63) is 40.9 Å². The van der Waals surface area contributed by atoms with Gasteiger partial charge in [-0.05, 0) is 23.8 Å². The van der Waals surface area contributed by atoms with Crippen molar-refractivity contribution < 1.29 is 19.1 Å². The van der Waals surface area contributed by atoms with E-state index in [0.717, 1.165) is 6.08 Å². The zero-order valence-electron chi connectivity index (χ0n) is 9.76. The van der Waals surface area contributed by atoms with Gasteiger partial charge >= 0.3 is 12.0 Å². The second kappa shape index (κ2) is 7.17. The fourth-order valence-corrected chi connectivity index (χ4v) is 1.33. The Morgan fingerprint density at radius 3 is 2.74 bits per heavy atom. The number of carbonyl (C=O) groups excluding carboxylic acids is 3. The van der Waals surface area contributed by atoms with Crippen LogP contribution in [-0.4, -0.2) is 24.5 Å². The highest BCUT2D eigenvalue weighted by molar-refractivity contribution is 6.30. The minimum absolute atomic E-state index is 0.538. The van der Waals surface area contributed by atoms with Crippen LogP contribution < -0.4 is 11.1 Å². The Balaban J connectivity index is 2.43.